The van der Waals surface area contributed by atoms with Gasteiger partial charge < -0.3 is 19.5 Å². The van der Waals surface area contributed by atoms with Crippen LogP contribution in [0, 0.1) is 5.92 Å². The van der Waals surface area contributed by atoms with E-state index < -0.39 is 18.1 Å². The van der Waals surface area contributed by atoms with Crippen LogP contribution in [-0.2, 0) is 11.2 Å². The summed E-state index contributed by atoms with van der Waals surface area (Å²) in [7, 11) is 4.42. The summed E-state index contributed by atoms with van der Waals surface area (Å²) < 4.78 is 55.8. The average molecular weight is 421 g/mol. The second-order valence-corrected chi connectivity index (χ2v) is 7.48. The van der Waals surface area contributed by atoms with Crippen LogP contribution in [0.25, 0.3) is 0 Å². The second kappa shape index (κ2) is 7.41. The number of amides is 1. The molecule has 4 rings (SSSR count). The number of carbonyl (C=O) groups excluding carboxylic acids is 1. The molecule has 0 saturated carbocycles. The van der Waals surface area contributed by atoms with Gasteiger partial charge in [-0.2, -0.15) is 13.2 Å². The van der Waals surface area contributed by atoms with Crippen LogP contribution in [0.4, 0.5) is 13.2 Å². The molecule has 8 heteroatoms. The van der Waals surface area contributed by atoms with Crippen LogP contribution in [0.5, 0.6) is 17.2 Å². The standard InChI is InChI=1S/C22H22F3NO4/c1-28-15-10-14-17(20(30-3)19(15)29-2)16-12-7-5-4-6-11(12)8-9-13(16)18(14)26-21(27)22(23,24)25/h4-7,10,13,16,18H,8-9H2,1-3H3,(H,26,27)/t13-,16+,18+/m1/s1. The summed E-state index contributed by atoms with van der Waals surface area (Å²) in [6.45, 7) is 0. The monoisotopic (exact) mass is 421 g/mol. The van der Waals surface area contributed by atoms with Gasteiger partial charge in [0.15, 0.2) is 11.5 Å². The fourth-order valence-corrected chi connectivity index (χ4v) is 4.93. The number of hydrogen-bond donors (Lipinski definition) is 1. The molecule has 5 nitrogen and oxygen atoms in total. The number of nitrogens with one attached hydrogen (secondary N) is 1. The van der Waals surface area contributed by atoms with Gasteiger partial charge in [-0.05, 0) is 41.5 Å². The van der Waals surface area contributed by atoms with E-state index in [1.165, 1.54) is 21.3 Å². The van der Waals surface area contributed by atoms with E-state index in [0.29, 0.717) is 29.2 Å². The molecule has 0 saturated heterocycles. The normalized spacial score (nSPS) is 21.9. The predicted octanol–water partition coefficient (Wildman–Crippen LogP) is 4.14. The second-order valence-electron chi connectivity index (χ2n) is 7.48. The lowest BCUT2D eigenvalue weighted by Gasteiger charge is -2.32. The third-order valence-electron chi connectivity index (χ3n) is 6.08. The predicted molar refractivity (Wildman–Crippen MR) is 103 cm³/mol. The van der Waals surface area contributed by atoms with Crippen LogP contribution in [-0.4, -0.2) is 33.4 Å². The first-order valence-corrected chi connectivity index (χ1v) is 9.60. The fraction of sp³-hybridized carbons (Fsp3) is 0.409. The number of rotatable bonds is 4. The first-order chi connectivity index (χ1) is 14.3. The van der Waals surface area contributed by atoms with Gasteiger partial charge >= 0.3 is 12.1 Å². The molecule has 2 aliphatic rings. The molecule has 3 atom stereocenters. The zero-order chi connectivity index (χ0) is 21.6. The molecule has 0 radical (unpaired) electrons. The third-order valence-corrected chi connectivity index (χ3v) is 6.08. The lowest BCUT2D eigenvalue weighted by atomic mass is 9.74. The number of aryl methyl sites for hydroxylation is 1. The van der Waals surface area contributed by atoms with Crippen LogP contribution in [0.3, 0.4) is 0 Å². The van der Waals surface area contributed by atoms with Crippen LogP contribution >= 0.6 is 0 Å². The van der Waals surface area contributed by atoms with Gasteiger partial charge in [-0.1, -0.05) is 24.3 Å². The molecular formula is C22H22F3NO4. The van der Waals surface area contributed by atoms with E-state index in [1.54, 1.807) is 6.07 Å². The Morgan fingerprint density at radius 1 is 1.03 bits per heavy atom. The van der Waals surface area contributed by atoms with Crippen molar-refractivity contribution in [3.05, 3.63) is 52.6 Å². The Labute approximate surface area is 172 Å². The molecule has 0 heterocycles. The van der Waals surface area contributed by atoms with E-state index in [1.807, 2.05) is 24.3 Å². The number of halogens is 3. The molecule has 0 bridgehead atoms. The van der Waals surface area contributed by atoms with Crippen molar-refractivity contribution in [3.63, 3.8) is 0 Å². The summed E-state index contributed by atoms with van der Waals surface area (Å²) >= 11 is 0. The Morgan fingerprint density at radius 2 is 1.73 bits per heavy atom. The number of carbonyl (C=O) groups is 1. The highest BCUT2D eigenvalue weighted by Crippen LogP contribution is 2.60. The molecule has 30 heavy (non-hydrogen) atoms. The molecule has 160 valence electrons. The molecule has 0 fully saturated rings. The zero-order valence-corrected chi connectivity index (χ0v) is 16.8. The van der Waals surface area contributed by atoms with Crippen LogP contribution in [0.1, 0.15) is 40.6 Å². The number of alkyl halides is 3. The molecule has 2 aromatic carbocycles. The lowest BCUT2D eigenvalue weighted by molar-refractivity contribution is -0.174. The number of hydrogen-bond acceptors (Lipinski definition) is 4. The minimum atomic E-state index is -4.97. The van der Waals surface area contributed by atoms with Crippen molar-refractivity contribution in [1.29, 1.82) is 0 Å². The van der Waals surface area contributed by atoms with Gasteiger partial charge in [-0.25, -0.2) is 0 Å². The molecule has 2 aliphatic carbocycles. The highest BCUT2D eigenvalue weighted by atomic mass is 19.4. The van der Waals surface area contributed by atoms with E-state index in [0.717, 1.165) is 23.1 Å². The van der Waals surface area contributed by atoms with Crippen LogP contribution < -0.4 is 19.5 Å². The highest BCUT2D eigenvalue weighted by Gasteiger charge is 2.50. The fourth-order valence-electron chi connectivity index (χ4n) is 4.93. The van der Waals surface area contributed by atoms with Gasteiger partial charge in [-0.3, -0.25) is 4.79 Å². The van der Waals surface area contributed by atoms with Crippen LogP contribution in [0.2, 0.25) is 0 Å². The number of ether oxygens (including phenoxy) is 3. The van der Waals surface area contributed by atoms with Gasteiger partial charge in [0, 0.05) is 11.5 Å². The van der Waals surface area contributed by atoms with Crippen molar-refractivity contribution in [2.45, 2.75) is 31.0 Å². The van der Waals surface area contributed by atoms with Crippen molar-refractivity contribution in [3.8, 4) is 17.2 Å². The smallest absolute Gasteiger partial charge is 0.471 e. The molecule has 0 aromatic heterocycles. The average Bonchev–Trinajstić information content (AvgIpc) is 3.05. The van der Waals surface area contributed by atoms with Crippen molar-refractivity contribution < 1.29 is 32.2 Å². The Bertz CT molecular complexity index is 989. The van der Waals surface area contributed by atoms with Crippen LogP contribution in [0.15, 0.2) is 30.3 Å². The summed E-state index contributed by atoms with van der Waals surface area (Å²) in [6, 6.07) is 8.71. The van der Waals surface area contributed by atoms with Gasteiger partial charge in [0.1, 0.15) is 0 Å². The quantitative estimate of drug-likeness (QED) is 0.806. The Hall–Kier alpha value is -2.90. The Morgan fingerprint density at radius 3 is 2.37 bits per heavy atom. The van der Waals surface area contributed by atoms with Crippen molar-refractivity contribution in [1.82, 2.24) is 5.32 Å². The van der Waals surface area contributed by atoms with Gasteiger partial charge in [-0.15, -0.1) is 0 Å². The molecule has 0 unspecified atom stereocenters. The Balaban J connectivity index is 1.94. The van der Waals surface area contributed by atoms with Gasteiger partial charge in [0.2, 0.25) is 5.75 Å². The topological polar surface area (TPSA) is 56.8 Å². The SMILES string of the molecule is COc1cc2c(c(OC)c1OC)[C@H]1c3ccccc3CC[C@H]1[C@@H]2NC(=O)C(F)(F)F. The van der Waals surface area contributed by atoms with Crippen molar-refractivity contribution in [2.24, 2.45) is 5.92 Å². The summed E-state index contributed by atoms with van der Waals surface area (Å²) in [5, 5.41) is 2.23. The van der Waals surface area contributed by atoms with Crippen molar-refractivity contribution in [2.75, 3.05) is 21.3 Å². The number of fused-ring (bicyclic) bond motifs is 5. The van der Waals surface area contributed by atoms with E-state index in [9.17, 15) is 18.0 Å². The molecule has 0 spiro atoms. The molecule has 2 aromatic rings. The van der Waals surface area contributed by atoms with E-state index in [2.05, 4.69) is 5.32 Å². The largest absolute Gasteiger partial charge is 0.493 e. The third kappa shape index (κ3) is 3.05. The molecular weight excluding hydrogens is 399 g/mol. The maximum absolute atomic E-state index is 13.1. The summed E-state index contributed by atoms with van der Waals surface area (Å²) in [6.07, 6.45) is -3.61. The number of benzene rings is 2. The van der Waals surface area contributed by atoms with E-state index in [4.69, 9.17) is 14.2 Å². The van der Waals surface area contributed by atoms with Crippen molar-refractivity contribution >= 4 is 5.91 Å². The molecule has 1 N–H and O–H groups in total. The molecule has 0 aliphatic heterocycles. The first kappa shape index (κ1) is 20.4. The minimum Gasteiger partial charge on any atom is -0.493 e. The van der Waals surface area contributed by atoms with E-state index in [-0.39, 0.29) is 11.8 Å². The highest BCUT2D eigenvalue weighted by molar-refractivity contribution is 5.82. The van der Waals surface area contributed by atoms with E-state index >= 15 is 0 Å². The lowest BCUT2D eigenvalue weighted by Crippen LogP contribution is -2.41. The Kier molecular flexibility index (Phi) is 5.03. The van der Waals surface area contributed by atoms with Gasteiger partial charge in [0.25, 0.3) is 0 Å². The summed E-state index contributed by atoms with van der Waals surface area (Å²) in [5.74, 6) is -1.28. The number of methoxy groups -OCH3 is 3. The summed E-state index contributed by atoms with van der Waals surface area (Å²) in [5.41, 5.74) is 3.47. The maximum atomic E-state index is 13.1. The van der Waals surface area contributed by atoms with Gasteiger partial charge in [0.05, 0.1) is 27.4 Å². The zero-order valence-electron chi connectivity index (χ0n) is 16.8. The first-order valence-electron chi connectivity index (χ1n) is 9.60. The molecule has 1 amide bonds. The summed E-state index contributed by atoms with van der Waals surface area (Å²) in [4.78, 5) is 11.9. The maximum Gasteiger partial charge on any atom is 0.471 e. The minimum absolute atomic E-state index is 0.224.